The van der Waals surface area contributed by atoms with Crippen LogP contribution >= 0.6 is 47.8 Å². The quantitative estimate of drug-likeness (QED) is 0.655. The SMILES string of the molecule is O=C(O)c1ccc(S(=O)(=O)Nc2c(Br)cc(Br)cc2Br)o1. The van der Waals surface area contributed by atoms with Crippen molar-refractivity contribution in [1.82, 2.24) is 0 Å². The first-order chi connectivity index (χ1) is 9.70. The van der Waals surface area contributed by atoms with Crippen molar-refractivity contribution in [1.29, 1.82) is 0 Å². The van der Waals surface area contributed by atoms with Crippen LogP contribution in [0.15, 0.2) is 47.2 Å². The van der Waals surface area contributed by atoms with E-state index >= 15 is 0 Å². The molecule has 0 aliphatic rings. The Labute approximate surface area is 145 Å². The molecule has 1 aromatic carbocycles. The Balaban J connectivity index is 2.40. The van der Waals surface area contributed by atoms with Crippen LogP contribution in [0.5, 0.6) is 0 Å². The predicted molar refractivity (Wildman–Crippen MR) is 86.0 cm³/mol. The topological polar surface area (TPSA) is 96.6 Å². The van der Waals surface area contributed by atoms with Crippen molar-refractivity contribution < 1.29 is 22.7 Å². The Morgan fingerprint density at radius 1 is 1.14 bits per heavy atom. The number of sulfonamides is 1. The van der Waals surface area contributed by atoms with Crippen LogP contribution in [-0.4, -0.2) is 19.5 Å². The number of carboxylic acid groups (broad SMARTS) is 1. The van der Waals surface area contributed by atoms with Gasteiger partial charge in [0.1, 0.15) is 0 Å². The zero-order chi connectivity index (χ0) is 15.8. The number of anilines is 1. The Kier molecular flexibility index (Phi) is 4.81. The van der Waals surface area contributed by atoms with Crippen molar-refractivity contribution in [3.05, 3.63) is 43.4 Å². The maximum Gasteiger partial charge on any atom is 0.371 e. The zero-order valence-electron chi connectivity index (χ0n) is 9.93. The molecule has 0 aliphatic carbocycles. The second-order valence-corrected chi connectivity index (χ2v) is 8.01. The van der Waals surface area contributed by atoms with E-state index in [1.165, 1.54) is 0 Å². The third-order valence-corrected chi connectivity index (χ3v) is 5.23. The standard InChI is InChI=1S/C11H6Br3NO5S/c12-5-3-6(13)10(7(14)4-5)15-21(18,19)9-2-1-8(20-9)11(16)17/h1-4,15H,(H,16,17). The first-order valence-electron chi connectivity index (χ1n) is 5.21. The molecule has 2 rings (SSSR count). The van der Waals surface area contributed by atoms with E-state index in [1.54, 1.807) is 12.1 Å². The number of nitrogens with one attached hydrogen (secondary N) is 1. The maximum absolute atomic E-state index is 12.2. The molecule has 21 heavy (non-hydrogen) atoms. The summed E-state index contributed by atoms with van der Waals surface area (Å²) in [4.78, 5) is 10.7. The molecule has 2 N–H and O–H groups in total. The fraction of sp³-hybridized carbons (Fsp3) is 0. The minimum absolute atomic E-state index is 0.270. The van der Waals surface area contributed by atoms with Gasteiger partial charge >= 0.3 is 5.97 Å². The third kappa shape index (κ3) is 3.68. The van der Waals surface area contributed by atoms with Gasteiger partial charge in [-0.2, -0.15) is 8.42 Å². The van der Waals surface area contributed by atoms with Gasteiger partial charge in [0.2, 0.25) is 10.9 Å². The summed E-state index contributed by atoms with van der Waals surface area (Å²) in [6, 6.07) is 5.47. The molecule has 0 fully saturated rings. The molecular weight excluding hydrogens is 498 g/mol. The van der Waals surface area contributed by atoms with Crippen LogP contribution in [0.1, 0.15) is 10.6 Å². The lowest BCUT2D eigenvalue weighted by atomic mass is 10.3. The van der Waals surface area contributed by atoms with Gasteiger partial charge in [-0.25, -0.2) is 4.79 Å². The van der Waals surface area contributed by atoms with E-state index < -0.39 is 26.8 Å². The molecule has 0 saturated heterocycles. The number of rotatable bonds is 4. The summed E-state index contributed by atoms with van der Waals surface area (Å²) in [5, 5.41) is 8.26. The second-order valence-electron chi connectivity index (χ2n) is 3.77. The van der Waals surface area contributed by atoms with E-state index in [4.69, 9.17) is 9.52 Å². The molecule has 0 aliphatic heterocycles. The fourth-order valence-corrected chi connectivity index (χ4v) is 5.16. The molecule has 1 heterocycles. The Morgan fingerprint density at radius 2 is 1.71 bits per heavy atom. The van der Waals surface area contributed by atoms with Crippen LogP contribution in [0.25, 0.3) is 0 Å². The Hall–Kier alpha value is -0.840. The maximum atomic E-state index is 12.2. The van der Waals surface area contributed by atoms with Crippen molar-refractivity contribution in [2.75, 3.05) is 4.72 Å². The van der Waals surface area contributed by atoms with Gasteiger partial charge < -0.3 is 9.52 Å². The molecule has 2 aromatic rings. The van der Waals surface area contributed by atoms with Gasteiger partial charge in [0.25, 0.3) is 10.0 Å². The summed E-state index contributed by atoms with van der Waals surface area (Å²) in [5.74, 6) is -1.80. The molecule has 0 spiro atoms. The van der Waals surface area contributed by atoms with E-state index in [2.05, 4.69) is 52.5 Å². The fourth-order valence-electron chi connectivity index (χ4n) is 1.40. The van der Waals surface area contributed by atoms with Gasteiger partial charge in [-0.3, -0.25) is 4.72 Å². The number of benzene rings is 1. The largest absolute Gasteiger partial charge is 0.475 e. The van der Waals surface area contributed by atoms with Crippen LogP contribution in [0.3, 0.4) is 0 Å². The summed E-state index contributed by atoms with van der Waals surface area (Å²) in [6.07, 6.45) is 0. The van der Waals surface area contributed by atoms with Gasteiger partial charge in [0.15, 0.2) is 0 Å². The van der Waals surface area contributed by atoms with Crippen LogP contribution in [0.2, 0.25) is 0 Å². The van der Waals surface area contributed by atoms with Crippen molar-refractivity contribution in [3.8, 4) is 0 Å². The summed E-state index contributed by atoms with van der Waals surface area (Å²) in [6.45, 7) is 0. The average Bonchev–Trinajstić information content (AvgIpc) is 2.84. The lowest BCUT2D eigenvalue weighted by Crippen LogP contribution is -2.13. The van der Waals surface area contributed by atoms with E-state index in [0.29, 0.717) is 8.95 Å². The number of hydrogen-bond acceptors (Lipinski definition) is 4. The summed E-state index contributed by atoms with van der Waals surface area (Å²) in [7, 11) is -4.04. The molecule has 0 unspecified atom stereocenters. The average molecular weight is 504 g/mol. The van der Waals surface area contributed by atoms with Crippen LogP contribution in [0.4, 0.5) is 5.69 Å². The van der Waals surface area contributed by atoms with E-state index in [0.717, 1.165) is 16.6 Å². The molecule has 0 amide bonds. The van der Waals surface area contributed by atoms with Gasteiger partial charge in [-0.05, 0) is 56.1 Å². The van der Waals surface area contributed by atoms with Crippen LogP contribution in [0, 0.1) is 0 Å². The number of carbonyl (C=O) groups is 1. The molecule has 6 nitrogen and oxygen atoms in total. The Bertz CT molecular complexity index is 792. The highest BCUT2D eigenvalue weighted by atomic mass is 79.9. The van der Waals surface area contributed by atoms with E-state index in [-0.39, 0.29) is 5.69 Å². The lowest BCUT2D eigenvalue weighted by molar-refractivity contribution is 0.0656. The molecule has 0 atom stereocenters. The highest BCUT2D eigenvalue weighted by Crippen LogP contribution is 2.35. The van der Waals surface area contributed by atoms with Crippen molar-refractivity contribution in [3.63, 3.8) is 0 Å². The number of hydrogen-bond donors (Lipinski definition) is 2. The second kappa shape index (κ2) is 6.11. The minimum Gasteiger partial charge on any atom is -0.475 e. The number of carboxylic acids is 1. The van der Waals surface area contributed by atoms with Crippen molar-refractivity contribution in [2.45, 2.75) is 5.09 Å². The van der Waals surface area contributed by atoms with E-state index in [9.17, 15) is 13.2 Å². The molecule has 10 heteroatoms. The Morgan fingerprint density at radius 3 is 2.19 bits per heavy atom. The number of aromatic carboxylic acids is 1. The monoisotopic (exact) mass is 501 g/mol. The smallest absolute Gasteiger partial charge is 0.371 e. The summed E-state index contributed by atoms with van der Waals surface area (Å²) >= 11 is 9.75. The predicted octanol–water partition coefficient (Wildman–Crippen LogP) is 4.07. The summed E-state index contributed by atoms with van der Waals surface area (Å²) < 4.78 is 33.2. The lowest BCUT2D eigenvalue weighted by Gasteiger charge is -2.10. The van der Waals surface area contributed by atoms with Gasteiger partial charge in [-0.15, -0.1) is 0 Å². The third-order valence-electron chi connectivity index (χ3n) is 2.30. The minimum atomic E-state index is -4.04. The van der Waals surface area contributed by atoms with E-state index in [1.807, 2.05) is 0 Å². The van der Waals surface area contributed by atoms with Crippen molar-refractivity contribution in [2.24, 2.45) is 0 Å². The molecule has 0 saturated carbocycles. The molecule has 1 aromatic heterocycles. The zero-order valence-corrected chi connectivity index (χ0v) is 15.5. The molecule has 0 bridgehead atoms. The van der Waals surface area contributed by atoms with Crippen LogP contribution < -0.4 is 4.72 Å². The van der Waals surface area contributed by atoms with Gasteiger partial charge in [0, 0.05) is 13.4 Å². The van der Waals surface area contributed by atoms with Crippen molar-refractivity contribution >= 4 is 69.5 Å². The molecular formula is C11H6Br3NO5S. The van der Waals surface area contributed by atoms with Gasteiger partial charge in [0.05, 0.1) is 5.69 Å². The molecule has 0 radical (unpaired) electrons. The number of furan rings is 1. The highest BCUT2D eigenvalue weighted by Gasteiger charge is 2.23. The normalized spacial score (nSPS) is 11.4. The first kappa shape index (κ1) is 16.5. The van der Waals surface area contributed by atoms with Gasteiger partial charge in [-0.1, -0.05) is 15.9 Å². The first-order valence-corrected chi connectivity index (χ1v) is 9.07. The molecule has 112 valence electrons. The van der Waals surface area contributed by atoms with Crippen LogP contribution in [-0.2, 0) is 10.0 Å². The highest BCUT2D eigenvalue weighted by molar-refractivity contribution is 9.11. The number of halogens is 3. The summed E-state index contributed by atoms with van der Waals surface area (Å²) in [5.41, 5.74) is 0.270.